The highest BCUT2D eigenvalue weighted by atomic mass is 35.5. The molecule has 3 heterocycles. The summed E-state index contributed by atoms with van der Waals surface area (Å²) in [5.41, 5.74) is 1.79. The molecule has 0 amide bonds. The molecule has 6 nitrogen and oxygen atoms in total. The number of nitrogens with one attached hydrogen (secondary N) is 1. The van der Waals surface area contributed by atoms with Crippen LogP contribution in [0.4, 0.5) is 0 Å². The number of nitrogens with zero attached hydrogens (tertiary/aromatic N) is 4. The second-order valence-electron chi connectivity index (χ2n) is 4.52. The third-order valence-electron chi connectivity index (χ3n) is 3.09. The summed E-state index contributed by atoms with van der Waals surface area (Å²) >= 11 is 0. The molecule has 3 rings (SSSR count). The van der Waals surface area contributed by atoms with Gasteiger partial charge in [0.05, 0.1) is 5.56 Å². The largest absolute Gasteiger partial charge is 0.334 e. The summed E-state index contributed by atoms with van der Waals surface area (Å²) < 4.78 is 7.22. The molecule has 1 N–H and O–H groups in total. The maximum absolute atomic E-state index is 5.30. The van der Waals surface area contributed by atoms with Crippen LogP contribution in [0.15, 0.2) is 35.2 Å². The Labute approximate surface area is 122 Å². The summed E-state index contributed by atoms with van der Waals surface area (Å²) in [6, 6.07) is 4.18. The van der Waals surface area contributed by atoms with E-state index in [2.05, 4.69) is 27.4 Å². The smallest absolute Gasteiger partial charge is 0.259 e. The number of hydrogen-bond donors (Lipinski definition) is 1. The third-order valence-corrected chi connectivity index (χ3v) is 3.09. The van der Waals surface area contributed by atoms with Gasteiger partial charge in [-0.25, -0.2) is 4.98 Å². The van der Waals surface area contributed by atoms with E-state index >= 15 is 0 Å². The van der Waals surface area contributed by atoms with Crippen LogP contribution in [0.2, 0.25) is 0 Å². The van der Waals surface area contributed by atoms with Crippen molar-refractivity contribution >= 4 is 18.1 Å². The second-order valence-corrected chi connectivity index (χ2v) is 4.52. The Morgan fingerprint density at radius 2 is 2.25 bits per heavy atom. The molecule has 0 saturated heterocycles. The van der Waals surface area contributed by atoms with Crippen molar-refractivity contribution in [3.05, 3.63) is 36.5 Å². The van der Waals surface area contributed by atoms with Crippen LogP contribution in [-0.2, 0) is 6.42 Å². The van der Waals surface area contributed by atoms with Crippen molar-refractivity contribution in [3.8, 4) is 11.5 Å². The lowest BCUT2D eigenvalue weighted by molar-refractivity contribution is 0.418. The van der Waals surface area contributed by atoms with E-state index in [0.29, 0.717) is 17.8 Å². The van der Waals surface area contributed by atoms with Crippen LogP contribution in [0.5, 0.6) is 0 Å². The lowest BCUT2D eigenvalue weighted by atomic mass is 10.2. The molecule has 3 aromatic rings. The van der Waals surface area contributed by atoms with Gasteiger partial charge in [0.25, 0.3) is 5.89 Å². The van der Waals surface area contributed by atoms with Gasteiger partial charge in [-0.15, -0.1) is 12.4 Å². The molecule has 0 spiro atoms. The van der Waals surface area contributed by atoms with Crippen molar-refractivity contribution in [1.29, 1.82) is 0 Å². The zero-order chi connectivity index (χ0) is 13.2. The number of imidazole rings is 1. The van der Waals surface area contributed by atoms with Crippen LogP contribution in [-0.4, -0.2) is 32.6 Å². The van der Waals surface area contributed by atoms with E-state index in [1.165, 1.54) is 0 Å². The summed E-state index contributed by atoms with van der Waals surface area (Å²) in [6.45, 7) is 2.08. The van der Waals surface area contributed by atoms with E-state index in [1.807, 2.05) is 36.0 Å². The van der Waals surface area contributed by atoms with E-state index in [1.54, 1.807) is 6.20 Å². The molecule has 1 unspecified atom stereocenters. The molecule has 20 heavy (non-hydrogen) atoms. The fourth-order valence-electron chi connectivity index (χ4n) is 1.88. The quantitative estimate of drug-likeness (QED) is 0.796. The van der Waals surface area contributed by atoms with Gasteiger partial charge in [0, 0.05) is 31.1 Å². The molecule has 0 fully saturated rings. The zero-order valence-corrected chi connectivity index (χ0v) is 12.1. The van der Waals surface area contributed by atoms with Gasteiger partial charge in [-0.3, -0.25) is 0 Å². The minimum atomic E-state index is 0. The lowest BCUT2D eigenvalue weighted by Crippen LogP contribution is -2.24. The van der Waals surface area contributed by atoms with E-state index in [4.69, 9.17) is 4.52 Å². The summed E-state index contributed by atoms with van der Waals surface area (Å²) in [5.74, 6) is 1.25. The summed E-state index contributed by atoms with van der Waals surface area (Å²) in [5, 5.41) is 7.15. The van der Waals surface area contributed by atoms with Gasteiger partial charge in [-0.1, -0.05) is 5.16 Å². The molecule has 0 radical (unpaired) electrons. The SMILES string of the molecule is CNC(C)Cc1noc(-c2ccc3nccn3c2)n1.Cl. The van der Waals surface area contributed by atoms with Crippen molar-refractivity contribution in [2.24, 2.45) is 0 Å². The van der Waals surface area contributed by atoms with Gasteiger partial charge in [0.2, 0.25) is 0 Å². The summed E-state index contributed by atoms with van der Waals surface area (Å²) in [7, 11) is 1.92. The Hall–Kier alpha value is -1.92. The molecular formula is C13H16ClN5O. The Balaban J connectivity index is 0.00000147. The number of fused-ring (bicyclic) bond motifs is 1. The lowest BCUT2D eigenvalue weighted by Gasteiger charge is -2.04. The molecule has 7 heteroatoms. The van der Waals surface area contributed by atoms with Gasteiger partial charge in [0.1, 0.15) is 5.65 Å². The van der Waals surface area contributed by atoms with Crippen molar-refractivity contribution < 1.29 is 4.52 Å². The minimum Gasteiger partial charge on any atom is -0.334 e. The Morgan fingerprint density at radius 3 is 3.05 bits per heavy atom. The van der Waals surface area contributed by atoms with Crippen LogP contribution < -0.4 is 5.32 Å². The molecule has 0 aliphatic rings. The van der Waals surface area contributed by atoms with Crippen molar-refractivity contribution in [3.63, 3.8) is 0 Å². The van der Waals surface area contributed by atoms with Crippen LogP contribution in [0.3, 0.4) is 0 Å². The van der Waals surface area contributed by atoms with Gasteiger partial charge >= 0.3 is 0 Å². The Morgan fingerprint density at radius 1 is 1.40 bits per heavy atom. The normalized spacial score (nSPS) is 12.3. The summed E-state index contributed by atoms with van der Waals surface area (Å²) in [4.78, 5) is 8.61. The predicted octanol–water partition coefficient (Wildman–Crippen LogP) is 1.96. The van der Waals surface area contributed by atoms with E-state index in [-0.39, 0.29) is 12.4 Å². The monoisotopic (exact) mass is 293 g/mol. The van der Waals surface area contributed by atoms with Crippen molar-refractivity contribution in [2.75, 3.05) is 7.05 Å². The fourth-order valence-corrected chi connectivity index (χ4v) is 1.88. The van der Waals surface area contributed by atoms with Crippen LogP contribution in [0, 0.1) is 0 Å². The molecule has 0 saturated carbocycles. The first-order valence-electron chi connectivity index (χ1n) is 6.19. The van der Waals surface area contributed by atoms with Crippen LogP contribution in [0.25, 0.3) is 17.1 Å². The maximum Gasteiger partial charge on any atom is 0.259 e. The minimum absolute atomic E-state index is 0. The first-order valence-corrected chi connectivity index (χ1v) is 6.19. The number of halogens is 1. The number of rotatable bonds is 4. The zero-order valence-electron chi connectivity index (χ0n) is 11.3. The Kier molecular flexibility index (Phi) is 4.36. The molecular weight excluding hydrogens is 278 g/mol. The van der Waals surface area contributed by atoms with Crippen molar-refractivity contribution in [2.45, 2.75) is 19.4 Å². The van der Waals surface area contributed by atoms with E-state index in [9.17, 15) is 0 Å². The maximum atomic E-state index is 5.30. The number of aromatic nitrogens is 4. The first-order chi connectivity index (χ1) is 9.26. The number of pyridine rings is 1. The van der Waals surface area contributed by atoms with Gasteiger partial charge < -0.3 is 14.2 Å². The highest BCUT2D eigenvalue weighted by molar-refractivity contribution is 5.85. The van der Waals surface area contributed by atoms with Gasteiger partial charge in [-0.2, -0.15) is 4.98 Å². The average molecular weight is 294 g/mol. The highest BCUT2D eigenvalue weighted by Crippen LogP contribution is 2.18. The molecule has 0 bridgehead atoms. The second kappa shape index (κ2) is 6.02. The molecule has 0 aliphatic carbocycles. The number of likely N-dealkylation sites (N-methyl/N-ethyl adjacent to an activating group) is 1. The summed E-state index contributed by atoms with van der Waals surface area (Å²) in [6.07, 6.45) is 6.32. The van der Waals surface area contributed by atoms with Crippen molar-refractivity contribution in [1.82, 2.24) is 24.8 Å². The van der Waals surface area contributed by atoms with Gasteiger partial charge in [-0.05, 0) is 26.1 Å². The van der Waals surface area contributed by atoms with E-state index in [0.717, 1.165) is 17.6 Å². The van der Waals surface area contributed by atoms with E-state index < -0.39 is 0 Å². The topological polar surface area (TPSA) is 68.2 Å². The molecule has 0 aliphatic heterocycles. The predicted molar refractivity (Wildman–Crippen MR) is 78.0 cm³/mol. The fraction of sp³-hybridized carbons (Fsp3) is 0.308. The van der Waals surface area contributed by atoms with Crippen LogP contribution in [0.1, 0.15) is 12.7 Å². The molecule has 106 valence electrons. The average Bonchev–Trinajstić information content (AvgIpc) is 3.05. The van der Waals surface area contributed by atoms with Gasteiger partial charge in [0.15, 0.2) is 5.82 Å². The molecule has 3 aromatic heterocycles. The highest BCUT2D eigenvalue weighted by Gasteiger charge is 2.11. The Bertz CT molecular complexity index is 693. The third kappa shape index (κ3) is 2.81. The van der Waals surface area contributed by atoms with Crippen LogP contribution >= 0.6 is 12.4 Å². The number of hydrogen-bond acceptors (Lipinski definition) is 5. The first kappa shape index (κ1) is 14.5. The molecule has 0 aromatic carbocycles. The standard InChI is InChI=1S/C13H15N5O.ClH/c1-9(14-2)7-11-16-13(19-17-11)10-3-4-12-15-5-6-18(12)8-10;/h3-6,8-9,14H,7H2,1-2H3;1H. The molecule has 1 atom stereocenters.